The van der Waals surface area contributed by atoms with Gasteiger partial charge in [-0.05, 0) is 61.4 Å². The molecule has 28 heavy (non-hydrogen) atoms. The van der Waals surface area contributed by atoms with Gasteiger partial charge < -0.3 is 14.5 Å². The monoisotopic (exact) mass is 372 g/mol. The maximum atomic E-state index is 12.3. The number of rotatable bonds is 5. The van der Waals surface area contributed by atoms with Gasteiger partial charge >= 0.3 is 0 Å². The van der Waals surface area contributed by atoms with Gasteiger partial charge in [0.05, 0.1) is 0 Å². The Kier molecular flexibility index (Phi) is 4.81. The van der Waals surface area contributed by atoms with Crippen LogP contribution in [0.5, 0.6) is 5.75 Å². The van der Waals surface area contributed by atoms with Crippen molar-refractivity contribution in [3.8, 4) is 17.2 Å². The van der Waals surface area contributed by atoms with Gasteiger partial charge in [-0.2, -0.15) is 0 Å². The van der Waals surface area contributed by atoms with Crippen molar-refractivity contribution >= 4 is 22.7 Å². The van der Waals surface area contributed by atoms with Crippen molar-refractivity contribution in [1.82, 2.24) is 4.98 Å². The van der Waals surface area contributed by atoms with Gasteiger partial charge in [0.25, 0.3) is 5.91 Å². The highest BCUT2D eigenvalue weighted by atomic mass is 16.5. The standard InChI is InChI=1S/C23H20N2O3/c1-15-6-5-7-18(12-15)27-14-22(26)24-20-13-17(11-10-16(20)2)23-25-19-8-3-4-9-21(19)28-23/h3-13H,14H2,1-2H3,(H,24,26). The predicted octanol–water partition coefficient (Wildman–Crippen LogP) is 5.13. The first-order chi connectivity index (χ1) is 13.6. The number of amides is 1. The molecule has 1 aromatic heterocycles. The number of aromatic nitrogens is 1. The summed E-state index contributed by atoms with van der Waals surface area (Å²) >= 11 is 0. The number of fused-ring (bicyclic) bond motifs is 1. The number of nitrogens with one attached hydrogen (secondary N) is 1. The predicted molar refractivity (Wildman–Crippen MR) is 109 cm³/mol. The highest BCUT2D eigenvalue weighted by Gasteiger charge is 2.12. The lowest BCUT2D eigenvalue weighted by Crippen LogP contribution is -2.20. The van der Waals surface area contributed by atoms with E-state index in [4.69, 9.17) is 9.15 Å². The average molecular weight is 372 g/mol. The van der Waals surface area contributed by atoms with Crippen molar-refractivity contribution in [2.24, 2.45) is 0 Å². The Bertz CT molecular complexity index is 1110. The van der Waals surface area contributed by atoms with E-state index in [2.05, 4.69) is 10.3 Å². The Hall–Kier alpha value is -3.60. The molecule has 0 radical (unpaired) electrons. The van der Waals surface area contributed by atoms with E-state index in [9.17, 15) is 4.79 Å². The van der Waals surface area contributed by atoms with E-state index in [0.29, 0.717) is 17.3 Å². The smallest absolute Gasteiger partial charge is 0.262 e. The number of para-hydroxylation sites is 2. The van der Waals surface area contributed by atoms with Crippen LogP contribution in [-0.4, -0.2) is 17.5 Å². The number of carbonyl (C=O) groups is 1. The molecule has 0 spiro atoms. The maximum absolute atomic E-state index is 12.3. The summed E-state index contributed by atoms with van der Waals surface area (Å²) in [5.41, 5.74) is 5.07. The Balaban J connectivity index is 1.49. The summed E-state index contributed by atoms with van der Waals surface area (Å²) in [7, 11) is 0. The quantitative estimate of drug-likeness (QED) is 0.527. The first kappa shape index (κ1) is 17.8. The largest absolute Gasteiger partial charge is 0.484 e. The first-order valence-electron chi connectivity index (χ1n) is 9.04. The van der Waals surface area contributed by atoms with Crippen molar-refractivity contribution in [3.05, 3.63) is 77.9 Å². The molecule has 0 bridgehead atoms. The van der Waals surface area contributed by atoms with Gasteiger partial charge in [-0.15, -0.1) is 0 Å². The molecule has 0 saturated heterocycles. The highest BCUT2D eigenvalue weighted by molar-refractivity contribution is 5.93. The molecule has 4 aromatic rings. The van der Waals surface area contributed by atoms with Crippen LogP contribution in [0.4, 0.5) is 5.69 Å². The summed E-state index contributed by atoms with van der Waals surface area (Å²) < 4.78 is 11.4. The molecule has 5 nitrogen and oxygen atoms in total. The molecule has 0 unspecified atom stereocenters. The molecule has 0 aliphatic heterocycles. The van der Waals surface area contributed by atoms with Gasteiger partial charge in [-0.1, -0.05) is 30.3 Å². The Morgan fingerprint density at radius 3 is 2.71 bits per heavy atom. The van der Waals surface area contributed by atoms with Crippen LogP contribution in [0.3, 0.4) is 0 Å². The molecular weight excluding hydrogens is 352 g/mol. The number of hydrogen-bond donors (Lipinski definition) is 1. The zero-order valence-electron chi connectivity index (χ0n) is 15.7. The van der Waals surface area contributed by atoms with Crippen LogP contribution in [0.15, 0.2) is 71.1 Å². The summed E-state index contributed by atoms with van der Waals surface area (Å²) in [5.74, 6) is 0.971. The molecular formula is C23H20N2O3. The molecule has 0 saturated carbocycles. The Morgan fingerprint density at radius 2 is 1.89 bits per heavy atom. The zero-order chi connectivity index (χ0) is 19.5. The zero-order valence-corrected chi connectivity index (χ0v) is 15.7. The lowest BCUT2D eigenvalue weighted by Gasteiger charge is -2.11. The van der Waals surface area contributed by atoms with Crippen LogP contribution in [0.1, 0.15) is 11.1 Å². The molecule has 1 amide bonds. The minimum atomic E-state index is -0.223. The van der Waals surface area contributed by atoms with Crippen molar-refractivity contribution in [2.45, 2.75) is 13.8 Å². The van der Waals surface area contributed by atoms with E-state index in [-0.39, 0.29) is 12.5 Å². The number of ether oxygens (including phenoxy) is 1. The van der Waals surface area contributed by atoms with E-state index in [1.165, 1.54) is 0 Å². The number of oxazole rings is 1. The average Bonchev–Trinajstić information content (AvgIpc) is 3.12. The fourth-order valence-corrected chi connectivity index (χ4v) is 2.93. The molecule has 0 aliphatic carbocycles. The summed E-state index contributed by atoms with van der Waals surface area (Å²) in [4.78, 5) is 16.8. The van der Waals surface area contributed by atoms with E-state index in [1.807, 2.05) is 80.6 Å². The normalized spacial score (nSPS) is 10.8. The summed E-state index contributed by atoms with van der Waals surface area (Å²) in [6.45, 7) is 3.86. The SMILES string of the molecule is Cc1cccc(OCC(=O)Nc2cc(-c3nc4ccccc4o3)ccc2C)c1. The molecule has 1 N–H and O–H groups in total. The van der Waals surface area contributed by atoms with Crippen molar-refractivity contribution in [2.75, 3.05) is 11.9 Å². The molecule has 140 valence electrons. The number of aryl methyl sites for hydroxylation is 2. The number of carbonyl (C=O) groups excluding carboxylic acids is 1. The number of anilines is 1. The molecule has 3 aromatic carbocycles. The van der Waals surface area contributed by atoms with E-state index in [1.54, 1.807) is 0 Å². The summed E-state index contributed by atoms with van der Waals surface area (Å²) in [6, 6.07) is 20.9. The van der Waals surface area contributed by atoms with E-state index < -0.39 is 0 Å². The summed E-state index contributed by atoms with van der Waals surface area (Å²) in [5, 5.41) is 2.91. The van der Waals surface area contributed by atoms with Crippen molar-refractivity contribution in [1.29, 1.82) is 0 Å². The fraction of sp³-hybridized carbons (Fsp3) is 0.130. The molecule has 0 aliphatic rings. The Labute approximate surface area is 163 Å². The third-order valence-corrected chi connectivity index (χ3v) is 4.41. The van der Waals surface area contributed by atoms with E-state index in [0.717, 1.165) is 27.8 Å². The lowest BCUT2D eigenvalue weighted by molar-refractivity contribution is -0.118. The lowest BCUT2D eigenvalue weighted by atomic mass is 10.1. The minimum absolute atomic E-state index is 0.0595. The molecule has 1 heterocycles. The first-order valence-corrected chi connectivity index (χ1v) is 9.04. The van der Waals surface area contributed by atoms with Gasteiger partial charge in [-0.25, -0.2) is 4.98 Å². The maximum Gasteiger partial charge on any atom is 0.262 e. The van der Waals surface area contributed by atoms with E-state index >= 15 is 0 Å². The van der Waals surface area contributed by atoms with Crippen LogP contribution in [-0.2, 0) is 4.79 Å². The van der Waals surface area contributed by atoms with Gasteiger partial charge in [0, 0.05) is 11.3 Å². The van der Waals surface area contributed by atoms with Crippen LogP contribution in [0, 0.1) is 13.8 Å². The second kappa shape index (κ2) is 7.56. The third kappa shape index (κ3) is 3.88. The van der Waals surface area contributed by atoms with Crippen LogP contribution in [0.2, 0.25) is 0 Å². The molecule has 5 heteroatoms. The molecule has 0 fully saturated rings. The summed E-state index contributed by atoms with van der Waals surface area (Å²) in [6.07, 6.45) is 0. The third-order valence-electron chi connectivity index (χ3n) is 4.41. The minimum Gasteiger partial charge on any atom is -0.484 e. The molecule has 0 atom stereocenters. The van der Waals surface area contributed by atoms with Gasteiger partial charge in [0.2, 0.25) is 5.89 Å². The van der Waals surface area contributed by atoms with Crippen LogP contribution in [0.25, 0.3) is 22.6 Å². The fourth-order valence-electron chi connectivity index (χ4n) is 2.93. The second-order valence-electron chi connectivity index (χ2n) is 6.67. The number of nitrogens with zero attached hydrogens (tertiary/aromatic N) is 1. The van der Waals surface area contributed by atoms with Gasteiger partial charge in [0.15, 0.2) is 12.2 Å². The molecule has 4 rings (SSSR count). The highest BCUT2D eigenvalue weighted by Crippen LogP contribution is 2.28. The second-order valence-corrected chi connectivity index (χ2v) is 6.67. The number of hydrogen-bond acceptors (Lipinski definition) is 4. The Morgan fingerprint density at radius 1 is 1.04 bits per heavy atom. The van der Waals surface area contributed by atoms with Crippen LogP contribution >= 0.6 is 0 Å². The number of benzene rings is 3. The van der Waals surface area contributed by atoms with Crippen LogP contribution < -0.4 is 10.1 Å². The van der Waals surface area contributed by atoms with Crippen molar-refractivity contribution < 1.29 is 13.9 Å². The van der Waals surface area contributed by atoms with Gasteiger partial charge in [-0.3, -0.25) is 4.79 Å². The van der Waals surface area contributed by atoms with Crippen molar-refractivity contribution in [3.63, 3.8) is 0 Å². The van der Waals surface area contributed by atoms with Gasteiger partial charge in [0.1, 0.15) is 11.3 Å². The topological polar surface area (TPSA) is 64.4 Å².